The van der Waals surface area contributed by atoms with Gasteiger partial charge in [-0.3, -0.25) is 0 Å². The molecule has 0 bridgehead atoms. The van der Waals surface area contributed by atoms with E-state index in [2.05, 4.69) is 24.3 Å². The minimum atomic E-state index is -0.643. The lowest BCUT2D eigenvalue weighted by Crippen LogP contribution is -2.24. The van der Waals surface area contributed by atoms with Crippen LogP contribution in [-0.2, 0) is 18.3 Å². The normalized spacial score (nSPS) is 21.6. The summed E-state index contributed by atoms with van der Waals surface area (Å²) < 4.78 is 0. The summed E-state index contributed by atoms with van der Waals surface area (Å²) in [5, 5.41) is 21.8. The predicted molar refractivity (Wildman–Crippen MR) is 102 cm³/mol. The van der Waals surface area contributed by atoms with Crippen LogP contribution in [0, 0.1) is 0 Å². The van der Waals surface area contributed by atoms with Crippen LogP contribution in [0.4, 0.5) is 0 Å². The van der Waals surface area contributed by atoms with E-state index in [9.17, 15) is 10.2 Å². The molecule has 0 amide bonds. The van der Waals surface area contributed by atoms with Crippen molar-refractivity contribution < 1.29 is 10.2 Å². The van der Waals surface area contributed by atoms with Gasteiger partial charge in [-0.15, -0.1) is 0 Å². The lowest BCUT2D eigenvalue weighted by molar-refractivity contribution is 0.217. The lowest BCUT2D eigenvalue weighted by Gasteiger charge is -2.30. The maximum Gasteiger partial charge on any atom is 0.119 e. The molecule has 0 radical (unpaired) electrons. The maximum absolute atomic E-state index is 11.2. The second-order valence-electron chi connectivity index (χ2n) is 7.59. The molecule has 2 aliphatic rings. The van der Waals surface area contributed by atoms with Gasteiger partial charge in [-0.2, -0.15) is 0 Å². The average Bonchev–Trinajstić information content (AvgIpc) is 3.25. The van der Waals surface area contributed by atoms with Crippen LogP contribution in [0.3, 0.4) is 0 Å². The van der Waals surface area contributed by atoms with Crippen molar-refractivity contribution >= 4 is 0 Å². The van der Waals surface area contributed by atoms with Crippen molar-refractivity contribution in [3.8, 4) is 5.75 Å². The molecule has 0 fully saturated rings. The highest BCUT2D eigenvalue weighted by Gasteiger charge is 2.48. The molecule has 2 N–H and O–H groups in total. The van der Waals surface area contributed by atoms with E-state index in [1.807, 2.05) is 36.4 Å². The first kappa shape index (κ1) is 15.7. The molecule has 2 aliphatic carbocycles. The Morgan fingerprint density at radius 2 is 1.38 bits per heavy atom. The fraction of sp³-hybridized carbons (Fsp3) is 0.250. The average molecular weight is 342 g/mol. The first-order valence-electron chi connectivity index (χ1n) is 9.37. The monoisotopic (exact) mass is 342 g/mol. The first-order valence-corrected chi connectivity index (χ1v) is 9.37. The fourth-order valence-electron chi connectivity index (χ4n) is 5.25. The Kier molecular flexibility index (Phi) is 3.44. The smallest absolute Gasteiger partial charge is 0.119 e. The third-order valence-corrected chi connectivity index (χ3v) is 6.32. The molecule has 3 aromatic carbocycles. The molecule has 5 rings (SSSR count). The Morgan fingerprint density at radius 1 is 0.731 bits per heavy atom. The van der Waals surface area contributed by atoms with E-state index >= 15 is 0 Å². The van der Waals surface area contributed by atoms with Gasteiger partial charge in [-0.25, -0.2) is 0 Å². The Bertz CT molecular complexity index is 973. The molecule has 130 valence electrons. The van der Waals surface area contributed by atoms with Gasteiger partial charge >= 0.3 is 0 Å². The summed E-state index contributed by atoms with van der Waals surface area (Å²) in [4.78, 5) is 0. The number of aliphatic hydroxyl groups is 1. The van der Waals surface area contributed by atoms with Gasteiger partial charge in [0.15, 0.2) is 0 Å². The number of aliphatic hydroxyl groups excluding tert-OH is 1. The third-order valence-electron chi connectivity index (χ3n) is 6.32. The van der Waals surface area contributed by atoms with Crippen molar-refractivity contribution in [3.63, 3.8) is 0 Å². The van der Waals surface area contributed by atoms with Gasteiger partial charge in [0, 0.05) is 11.0 Å². The summed E-state index contributed by atoms with van der Waals surface area (Å²) in [6.45, 7) is 0. The van der Waals surface area contributed by atoms with Crippen molar-refractivity contribution in [2.24, 2.45) is 0 Å². The van der Waals surface area contributed by atoms with Crippen LogP contribution >= 0.6 is 0 Å². The molecule has 0 aliphatic heterocycles. The SMILES string of the molecule is Oc1cccc2c1C1(CC2)CCc2cccc([C@@H](O)c3ccccc3)c21. The molecule has 0 aromatic heterocycles. The highest BCUT2D eigenvalue weighted by Crippen LogP contribution is 2.56. The second-order valence-corrected chi connectivity index (χ2v) is 7.59. The quantitative estimate of drug-likeness (QED) is 0.711. The number of hydrogen-bond donors (Lipinski definition) is 2. The van der Waals surface area contributed by atoms with E-state index < -0.39 is 6.10 Å². The molecule has 0 heterocycles. The number of aryl methyl sites for hydroxylation is 2. The minimum Gasteiger partial charge on any atom is -0.508 e. The van der Waals surface area contributed by atoms with Gasteiger partial charge in [0.25, 0.3) is 0 Å². The third kappa shape index (κ3) is 2.09. The van der Waals surface area contributed by atoms with E-state index in [4.69, 9.17) is 0 Å². The van der Waals surface area contributed by atoms with Crippen LogP contribution in [0.5, 0.6) is 5.75 Å². The summed E-state index contributed by atoms with van der Waals surface area (Å²) in [7, 11) is 0. The molecule has 2 nitrogen and oxygen atoms in total. The van der Waals surface area contributed by atoms with Gasteiger partial charge in [-0.05, 0) is 59.6 Å². The van der Waals surface area contributed by atoms with Crippen molar-refractivity contribution in [2.45, 2.75) is 37.2 Å². The zero-order chi connectivity index (χ0) is 17.7. The molecule has 3 aromatic rings. The van der Waals surface area contributed by atoms with Gasteiger partial charge in [0.2, 0.25) is 0 Å². The van der Waals surface area contributed by atoms with Crippen LogP contribution in [0.15, 0.2) is 66.7 Å². The number of phenolic OH excluding ortho intramolecular Hbond substituents is 1. The largest absolute Gasteiger partial charge is 0.508 e. The van der Waals surface area contributed by atoms with E-state index in [1.165, 1.54) is 16.7 Å². The number of aromatic hydroxyl groups is 1. The molecule has 26 heavy (non-hydrogen) atoms. The summed E-state index contributed by atoms with van der Waals surface area (Å²) in [6.07, 6.45) is 3.35. The maximum atomic E-state index is 11.2. The number of benzene rings is 3. The topological polar surface area (TPSA) is 40.5 Å². The van der Waals surface area contributed by atoms with Crippen molar-refractivity contribution in [1.82, 2.24) is 0 Å². The molecule has 1 spiro atoms. The van der Waals surface area contributed by atoms with Gasteiger partial charge < -0.3 is 10.2 Å². The number of phenols is 1. The van der Waals surface area contributed by atoms with E-state index in [0.717, 1.165) is 42.4 Å². The summed E-state index contributed by atoms with van der Waals surface area (Å²) in [5.41, 5.74) is 6.64. The highest BCUT2D eigenvalue weighted by atomic mass is 16.3. The van der Waals surface area contributed by atoms with Gasteiger partial charge in [0.05, 0.1) is 0 Å². The van der Waals surface area contributed by atoms with E-state index in [-0.39, 0.29) is 5.41 Å². The number of rotatable bonds is 2. The Hall–Kier alpha value is -2.58. The zero-order valence-electron chi connectivity index (χ0n) is 14.7. The molecular formula is C24H22O2. The fourth-order valence-corrected chi connectivity index (χ4v) is 5.25. The molecule has 0 saturated heterocycles. The molecule has 2 heteroatoms. The predicted octanol–water partition coefficient (Wildman–Crippen LogP) is 4.65. The summed E-state index contributed by atoms with van der Waals surface area (Å²) >= 11 is 0. The van der Waals surface area contributed by atoms with Crippen molar-refractivity contribution in [2.75, 3.05) is 0 Å². The first-order chi connectivity index (χ1) is 12.7. The van der Waals surface area contributed by atoms with Crippen LogP contribution in [0.2, 0.25) is 0 Å². The van der Waals surface area contributed by atoms with Crippen LogP contribution in [-0.4, -0.2) is 10.2 Å². The zero-order valence-corrected chi connectivity index (χ0v) is 14.7. The Labute approximate surface area is 153 Å². The molecular weight excluding hydrogens is 320 g/mol. The Balaban J connectivity index is 1.72. The molecule has 1 unspecified atom stereocenters. The Morgan fingerprint density at radius 3 is 2.12 bits per heavy atom. The second kappa shape index (κ2) is 5.72. The van der Waals surface area contributed by atoms with Gasteiger partial charge in [-0.1, -0.05) is 60.7 Å². The molecule has 2 atom stereocenters. The molecule has 0 saturated carbocycles. The van der Waals surface area contributed by atoms with Crippen LogP contribution in [0.25, 0.3) is 0 Å². The van der Waals surface area contributed by atoms with Crippen LogP contribution < -0.4 is 0 Å². The summed E-state index contributed by atoms with van der Waals surface area (Å²) in [6, 6.07) is 22.0. The highest BCUT2D eigenvalue weighted by molar-refractivity contribution is 5.61. The van der Waals surface area contributed by atoms with Gasteiger partial charge in [0.1, 0.15) is 11.9 Å². The summed E-state index contributed by atoms with van der Waals surface area (Å²) in [5.74, 6) is 0.400. The standard InChI is InChI=1S/C24H22O2/c25-20-11-5-9-17-13-15-24(22(17)20)14-12-16-8-4-10-19(21(16)24)23(26)18-6-2-1-3-7-18/h1-11,23,25-26H,12-15H2/t23-,24?/m0/s1. The van der Waals surface area contributed by atoms with Crippen molar-refractivity contribution in [1.29, 1.82) is 0 Å². The van der Waals surface area contributed by atoms with E-state index in [0.29, 0.717) is 5.75 Å². The van der Waals surface area contributed by atoms with Crippen LogP contribution in [0.1, 0.15) is 52.3 Å². The van der Waals surface area contributed by atoms with E-state index in [1.54, 1.807) is 6.07 Å². The number of fused-ring (bicyclic) bond motifs is 4. The number of hydrogen-bond acceptors (Lipinski definition) is 2. The lowest BCUT2D eigenvalue weighted by atomic mass is 9.73. The van der Waals surface area contributed by atoms with Crippen molar-refractivity contribution in [3.05, 3.63) is 100 Å². The minimum absolute atomic E-state index is 0.164.